The maximum absolute atomic E-state index is 10.8. The van der Waals surface area contributed by atoms with Gasteiger partial charge in [-0.15, -0.1) is 0 Å². The zero-order valence-electron chi connectivity index (χ0n) is 7.86. The van der Waals surface area contributed by atoms with Crippen LogP contribution in [0, 0.1) is 0 Å². The number of rotatable bonds is 5. The molecule has 0 rings (SSSR count). The van der Waals surface area contributed by atoms with Crippen LogP contribution >= 0.6 is 0 Å². The van der Waals surface area contributed by atoms with Gasteiger partial charge in [0, 0.05) is 12.8 Å². The zero-order chi connectivity index (χ0) is 11.1. The number of hydrogen-bond donors (Lipinski definition) is 2. The highest BCUT2D eigenvalue weighted by Crippen LogP contribution is 1.98. The van der Waals surface area contributed by atoms with Gasteiger partial charge >= 0.3 is 17.9 Å². The van der Waals surface area contributed by atoms with Gasteiger partial charge in [0.1, 0.15) is 6.04 Å². The largest absolute Gasteiger partial charge is 0.480 e. The van der Waals surface area contributed by atoms with E-state index in [0.717, 1.165) is 0 Å². The van der Waals surface area contributed by atoms with Crippen LogP contribution in [-0.4, -0.2) is 29.1 Å². The van der Waals surface area contributed by atoms with Gasteiger partial charge in [-0.25, -0.2) is 0 Å². The lowest BCUT2D eigenvalue weighted by Gasteiger charge is -2.04. The lowest BCUT2D eigenvalue weighted by molar-refractivity contribution is -0.159. The molecule has 0 unspecified atom stereocenters. The third-order valence-corrected chi connectivity index (χ3v) is 1.49. The number of hydrogen-bond acceptors (Lipinski definition) is 5. The fraction of sp³-hybridized carbons (Fsp3) is 0.625. The summed E-state index contributed by atoms with van der Waals surface area (Å²) >= 11 is 0. The summed E-state index contributed by atoms with van der Waals surface area (Å²) in [5.74, 6) is -2.55. The third-order valence-electron chi connectivity index (χ3n) is 1.49. The van der Waals surface area contributed by atoms with Gasteiger partial charge < -0.3 is 15.6 Å². The first-order chi connectivity index (χ1) is 6.47. The lowest BCUT2D eigenvalue weighted by atomic mass is 10.2. The molecular weight excluding hydrogens is 190 g/mol. The van der Waals surface area contributed by atoms with Crippen molar-refractivity contribution in [1.82, 2.24) is 0 Å². The molecule has 0 fully saturated rings. The summed E-state index contributed by atoms with van der Waals surface area (Å²) in [4.78, 5) is 31.7. The fourth-order valence-electron chi connectivity index (χ4n) is 0.647. The van der Waals surface area contributed by atoms with Gasteiger partial charge in [0.25, 0.3) is 0 Å². The van der Waals surface area contributed by atoms with E-state index in [1.54, 1.807) is 6.92 Å². The monoisotopic (exact) mass is 203 g/mol. The average Bonchev–Trinajstić information content (AvgIpc) is 2.13. The van der Waals surface area contributed by atoms with E-state index in [-0.39, 0.29) is 19.3 Å². The predicted molar refractivity (Wildman–Crippen MR) is 46.2 cm³/mol. The Morgan fingerprint density at radius 2 is 1.93 bits per heavy atom. The van der Waals surface area contributed by atoms with Crippen molar-refractivity contribution in [3.05, 3.63) is 0 Å². The third kappa shape index (κ3) is 5.26. The van der Waals surface area contributed by atoms with Gasteiger partial charge in [-0.1, -0.05) is 6.92 Å². The lowest BCUT2D eigenvalue weighted by Crippen LogP contribution is -2.30. The molecule has 3 N–H and O–H groups in total. The van der Waals surface area contributed by atoms with E-state index in [1.165, 1.54) is 0 Å². The molecule has 0 heterocycles. The molecule has 0 saturated carbocycles. The number of ether oxygens (including phenoxy) is 1. The van der Waals surface area contributed by atoms with E-state index in [0.29, 0.717) is 0 Å². The van der Waals surface area contributed by atoms with Crippen LogP contribution in [0.3, 0.4) is 0 Å². The summed E-state index contributed by atoms with van der Waals surface area (Å²) in [7, 11) is 0. The average molecular weight is 203 g/mol. The van der Waals surface area contributed by atoms with Crippen LogP contribution in [0.15, 0.2) is 0 Å². The van der Waals surface area contributed by atoms with E-state index in [1.807, 2.05) is 0 Å². The summed E-state index contributed by atoms with van der Waals surface area (Å²) < 4.78 is 4.30. The normalized spacial score (nSPS) is 11.9. The van der Waals surface area contributed by atoms with E-state index in [2.05, 4.69) is 4.74 Å². The van der Waals surface area contributed by atoms with Crippen LogP contribution in [-0.2, 0) is 19.1 Å². The van der Waals surface area contributed by atoms with Crippen LogP contribution < -0.4 is 5.73 Å². The van der Waals surface area contributed by atoms with E-state index >= 15 is 0 Å². The van der Waals surface area contributed by atoms with Crippen molar-refractivity contribution in [2.45, 2.75) is 32.2 Å². The summed E-state index contributed by atoms with van der Waals surface area (Å²) in [5, 5.41) is 8.38. The maximum Gasteiger partial charge on any atom is 0.320 e. The van der Waals surface area contributed by atoms with E-state index in [4.69, 9.17) is 10.8 Å². The van der Waals surface area contributed by atoms with Crippen molar-refractivity contribution >= 4 is 17.9 Å². The molecule has 0 saturated heterocycles. The minimum absolute atomic E-state index is 0.0365. The molecular formula is C8H13NO5. The van der Waals surface area contributed by atoms with Crippen LogP contribution in [0.25, 0.3) is 0 Å². The second-order valence-electron chi connectivity index (χ2n) is 2.68. The number of aliphatic carboxylic acids is 1. The van der Waals surface area contributed by atoms with Gasteiger partial charge in [-0.05, 0) is 6.42 Å². The Balaban J connectivity index is 3.74. The number of carbonyl (C=O) groups is 3. The highest BCUT2D eigenvalue weighted by molar-refractivity contribution is 5.85. The second kappa shape index (κ2) is 6.09. The van der Waals surface area contributed by atoms with Crippen molar-refractivity contribution in [2.24, 2.45) is 5.73 Å². The van der Waals surface area contributed by atoms with Crippen LogP contribution in [0.2, 0.25) is 0 Å². The minimum atomic E-state index is -1.18. The Kier molecular flexibility index (Phi) is 5.47. The number of carboxylic acids is 1. The Bertz CT molecular complexity index is 238. The SMILES string of the molecule is CCC(=O)OC(=O)CC[C@H](N)C(=O)O. The predicted octanol–water partition coefficient (Wildman–Crippen LogP) is -0.342. The van der Waals surface area contributed by atoms with Gasteiger partial charge in [-0.3, -0.25) is 14.4 Å². The standard InChI is InChI=1S/C8H13NO5/c1-2-6(10)14-7(11)4-3-5(9)8(12)13/h5H,2-4,9H2,1H3,(H,12,13)/t5-/m0/s1. The maximum atomic E-state index is 10.8. The first-order valence-electron chi connectivity index (χ1n) is 4.19. The van der Waals surface area contributed by atoms with Crippen molar-refractivity contribution < 1.29 is 24.2 Å². The van der Waals surface area contributed by atoms with Gasteiger partial charge in [-0.2, -0.15) is 0 Å². The molecule has 0 aliphatic carbocycles. The smallest absolute Gasteiger partial charge is 0.320 e. The molecule has 80 valence electrons. The van der Waals surface area contributed by atoms with E-state index < -0.39 is 23.9 Å². The number of carbonyl (C=O) groups excluding carboxylic acids is 2. The molecule has 0 aromatic heterocycles. The molecule has 0 bridgehead atoms. The van der Waals surface area contributed by atoms with Crippen molar-refractivity contribution in [1.29, 1.82) is 0 Å². The minimum Gasteiger partial charge on any atom is -0.480 e. The van der Waals surface area contributed by atoms with Crippen molar-refractivity contribution in [3.63, 3.8) is 0 Å². The zero-order valence-corrected chi connectivity index (χ0v) is 7.86. The quantitative estimate of drug-likeness (QED) is 0.467. The molecule has 0 spiro atoms. The fourth-order valence-corrected chi connectivity index (χ4v) is 0.647. The van der Waals surface area contributed by atoms with E-state index in [9.17, 15) is 14.4 Å². The molecule has 1 atom stereocenters. The number of carboxylic acid groups (broad SMARTS) is 1. The molecule has 6 heteroatoms. The Labute approximate surface area is 81.0 Å². The molecule has 6 nitrogen and oxygen atoms in total. The number of nitrogens with two attached hydrogens (primary N) is 1. The van der Waals surface area contributed by atoms with Crippen molar-refractivity contribution in [2.75, 3.05) is 0 Å². The van der Waals surface area contributed by atoms with Crippen LogP contribution in [0.4, 0.5) is 0 Å². The van der Waals surface area contributed by atoms with Gasteiger partial charge in [0.15, 0.2) is 0 Å². The molecule has 14 heavy (non-hydrogen) atoms. The highest BCUT2D eigenvalue weighted by atomic mass is 16.6. The first kappa shape index (κ1) is 12.6. The Morgan fingerprint density at radius 1 is 1.36 bits per heavy atom. The van der Waals surface area contributed by atoms with Crippen LogP contribution in [0.1, 0.15) is 26.2 Å². The topological polar surface area (TPSA) is 107 Å². The Morgan fingerprint density at radius 3 is 2.36 bits per heavy atom. The second-order valence-corrected chi connectivity index (χ2v) is 2.68. The summed E-state index contributed by atoms with van der Waals surface area (Å²) in [6.45, 7) is 1.55. The first-order valence-corrected chi connectivity index (χ1v) is 4.19. The molecule has 0 aromatic rings. The van der Waals surface area contributed by atoms with Crippen LogP contribution in [0.5, 0.6) is 0 Å². The molecule has 0 aromatic carbocycles. The Hall–Kier alpha value is -1.43. The molecule has 0 aliphatic heterocycles. The van der Waals surface area contributed by atoms with Gasteiger partial charge in [0.2, 0.25) is 0 Å². The van der Waals surface area contributed by atoms with Gasteiger partial charge in [0.05, 0.1) is 0 Å². The van der Waals surface area contributed by atoms with Crippen molar-refractivity contribution in [3.8, 4) is 0 Å². The highest BCUT2D eigenvalue weighted by Gasteiger charge is 2.15. The summed E-state index contributed by atoms with van der Waals surface area (Å²) in [6, 6.07) is -1.10. The summed E-state index contributed by atoms with van der Waals surface area (Å²) in [6.07, 6.45) is -0.0961. The number of esters is 2. The molecule has 0 amide bonds. The molecule has 0 radical (unpaired) electrons. The summed E-state index contributed by atoms with van der Waals surface area (Å²) in [5.41, 5.74) is 5.14. The molecule has 0 aliphatic rings.